The maximum atomic E-state index is 12.8. The summed E-state index contributed by atoms with van der Waals surface area (Å²) in [4.78, 5) is 14.7. The Bertz CT molecular complexity index is 585. The van der Waals surface area contributed by atoms with E-state index < -0.39 is 0 Å². The molecule has 24 heavy (non-hydrogen) atoms. The van der Waals surface area contributed by atoms with E-state index in [0.717, 1.165) is 11.5 Å². The summed E-state index contributed by atoms with van der Waals surface area (Å²) < 4.78 is 16.3. The van der Waals surface area contributed by atoms with Gasteiger partial charge in [-0.15, -0.1) is 0 Å². The van der Waals surface area contributed by atoms with Gasteiger partial charge in [-0.05, 0) is 49.3 Å². The SMILES string of the molecule is COc1ccc(C(CC(=O)N2CCOC(C)C2)C2CC2)cc1OC. The molecule has 0 radical (unpaired) electrons. The zero-order valence-electron chi connectivity index (χ0n) is 14.8. The second-order valence-electron chi connectivity index (χ2n) is 6.78. The van der Waals surface area contributed by atoms with E-state index in [2.05, 4.69) is 6.07 Å². The van der Waals surface area contributed by atoms with Crippen molar-refractivity contribution in [1.29, 1.82) is 0 Å². The van der Waals surface area contributed by atoms with Crippen LogP contribution < -0.4 is 9.47 Å². The molecule has 1 aliphatic carbocycles. The molecule has 0 bridgehead atoms. The highest BCUT2D eigenvalue weighted by Crippen LogP contribution is 2.46. The van der Waals surface area contributed by atoms with Crippen LogP contribution in [0.25, 0.3) is 0 Å². The predicted octanol–water partition coefficient (Wildman–Crippen LogP) is 2.83. The minimum Gasteiger partial charge on any atom is -0.493 e. The Morgan fingerprint density at radius 3 is 2.67 bits per heavy atom. The second-order valence-corrected chi connectivity index (χ2v) is 6.78. The van der Waals surface area contributed by atoms with Gasteiger partial charge in [0.1, 0.15) is 0 Å². The smallest absolute Gasteiger partial charge is 0.223 e. The van der Waals surface area contributed by atoms with E-state index in [-0.39, 0.29) is 17.9 Å². The first kappa shape index (κ1) is 17.1. The van der Waals surface area contributed by atoms with Crippen LogP contribution in [0.15, 0.2) is 18.2 Å². The van der Waals surface area contributed by atoms with Gasteiger partial charge < -0.3 is 19.1 Å². The molecule has 2 atom stereocenters. The van der Waals surface area contributed by atoms with Crippen LogP contribution in [0.4, 0.5) is 0 Å². The van der Waals surface area contributed by atoms with Crippen LogP contribution in [0.5, 0.6) is 11.5 Å². The summed E-state index contributed by atoms with van der Waals surface area (Å²) in [6, 6.07) is 6.03. The number of morpholine rings is 1. The molecule has 0 spiro atoms. The van der Waals surface area contributed by atoms with E-state index >= 15 is 0 Å². The van der Waals surface area contributed by atoms with Crippen molar-refractivity contribution in [2.24, 2.45) is 5.92 Å². The van der Waals surface area contributed by atoms with Crippen LogP contribution in [0.1, 0.15) is 37.7 Å². The Morgan fingerprint density at radius 1 is 1.29 bits per heavy atom. The summed E-state index contributed by atoms with van der Waals surface area (Å²) in [5, 5.41) is 0. The van der Waals surface area contributed by atoms with Gasteiger partial charge in [0.2, 0.25) is 5.91 Å². The third kappa shape index (κ3) is 3.83. The number of carbonyl (C=O) groups is 1. The molecule has 1 aromatic carbocycles. The van der Waals surface area contributed by atoms with E-state index in [1.165, 1.54) is 18.4 Å². The molecule has 2 aliphatic rings. The molecule has 1 heterocycles. The van der Waals surface area contributed by atoms with Crippen molar-refractivity contribution in [3.8, 4) is 11.5 Å². The summed E-state index contributed by atoms with van der Waals surface area (Å²) in [6.07, 6.45) is 3.09. The Kier molecular flexibility index (Phi) is 5.29. The van der Waals surface area contributed by atoms with Crippen molar-refractivity contribution in [3.05, 3.63) is 23.8 Å². The molecule has 0 aromatic heterocycles. The lowest BCUT2D eigenvalue weighted by molar-refractivity contribution is -0.138. The van der Waals surface area contributed by atoms with Gasteiger partial charge in [0.15, 0.2) is 11.5 Å². The zero-order valence-corrected chi connectivity index (χ0v) is 14.8. The number of amides is 1. The first-order valence-electron chi connectivity index (χ1n) is 8.73. The molecule has 132 valence electrons. The predicted molar refractivity (Wildman–Crippen MR) is 91.6 cm³/mol. The van der Waals surface area contributed by atoms with E-state index in [1.54, 1.807) is 14.2 Å². The minimum atomic E-state index is 0.128. The maximum Gasteiger partial charge on any atom is 0.223 e. The van der Waals surface area contributed by atoms with Gasteiger partial charge in [-0.25, -0.2) is 0 Å². The highest BCUT2D eigenvalue weighted by molar-refractivity contribution is 5.77. The van der Waals surface area contributed by atoms with Crippen LogP contribution in [0, 0.1) is 5.92 Å². The van der Waals surface area contributed by atoms with Crippen molar-refractivity contribution < 1.29 is 19.0 Å². The Hall–Kier alpha value is -1.75. The second kappa shape index (κ2) is 7.43. The fourth-order valence-electron chi connectivity index (χ4n) is 3.50. The number of carbonyl (C=O) groups excluding carboxylic acids is 1. The average Bonchev–Trinajstić information content (AvgIpc) is 3.43. The quantitative estimate of drug-likeness (QED) is 0.803. The normalized spacial score (nSPS) is 22.1. The maximum absolute atomic E-state index is 12.8. The van der Waals surface area contributed by atoms with E-state index in [0.29, 0.717) is 32.0 Å². The molecule has 5 heteroatoms. The fraction of sp³-hybridized carbons (Fsp3) is 0.632. The van der Waals surface area contributed by atoms with E-state index in [9.17, 15) is 4.79 Å². The number of benzene rings is 1. The van der Waals surface area contributed by atoms with Crippen molar-refractivity contribution in [2.75, 3.05) is 33.9 Å². The molecule has 1 saturated heterocycles. The molecular weight excluding hydrogens is 306 g/mol. The number of rotatable bonds is 6. The molecule has 1 saturated carbocycles. The first-order chi connectivity index (χ1) is 11.6. The standard InChI is InChI=1S/C19H27NO4/c1-13-12-20(8-9-24-13)19(21)11-16(14-4-5-14)15-6-7-17(22-2)18(10-15)23-3/h6-7,10,13-14,16H,4-5,8-9,11-12H2,1-3H3. The van der Waals surface area contributed by atoms with E-state index in [1.807, 2.05) is 24.0 Å². The van der Waals surface area contributed by atoms with Gasteiger partial charge >= 0.3 is 0 Å². The van der Waals surface area contributed by atoms with Crippen LogP contribution in [0.3, 0.4) is 0 Å². The summed E-state index contributed by atoms with van der Waals surface area (Å²) in [5.41, 5.74) is 1.17. The van der Waals surface area contributed by atoms with Crippen molar-refractivity contribution in [2.45, 2.75) is 38.2 Å². The summed E-state index contributed by atoms with van der Waals surface area (Å²) in [6.45, 7) is 4.05. The molecule has 2 fully saturated rings. The van der Waals surface area contributed by atoms with Crippen molar-refractivity contribution in [3.63, 3.8) is 0 Å². The molecular formula is C19H27NO4. The largest absolute Gasteiger partial charge is 0.493 e. The van der Waals surface area contributed by atoms with Crippen LogP contribution in [-0.4, -0.2) is 50.8 Å². The number of methoxy groups -OCH3 is 2. The molecule has 2 unspecified atom stereocenters. The van der Waals surface area contributed by atoms with E-state index in [4.69, 9.17) is 14.2 Å². The van der Waals surface area contributed by atoms with Crippen LogP contribution in [0.2, 0.25) is 0 Å². The van der Waals surface area contributed by atoms with Gasteiger partial charge in [-0.3, -0.25) is 4.79 Å². The van der Waals surface area contributed by atoms with Gasteiger partial charge in [0.05, 0.1) is 26.9 Å². The third-order valence-corrected chi connectivity index (χ3v) is 5.02. The lowest BCUT2D eigenvalue weighted by Crippen LogP contribution is -2.44. The molecule has 0 N–H and O–H groups in total. The fourth-order valence-corrected chi connectivity index (χ4v) is 3.50. The monoisotopic (exact) mass is 333 g/mol. The summed E-state index contributed by atoms with van der Waals surface area (Å²) in [5.74, 6) is 2.55. The zero-order chi connectivity index (χ0) is 17.1. The van der Waals surface area contributed by atoms with Gasteiger partial charge in [-0.1, -0.05) is 6.07 Å². The summed E-state index contributed by atoms with van der Waals surface area (Å²) >= 11 is 0. The number of ether oxygens (including phenoxy) is 3. The summed E-state index contributed by atoms with van der Waals surface area (Å²) in [7, 11) is 3.28. The van der Waals surface area contributed by atoms with Crippen molar-refractivity contribution in [1.82, 2.24) is 4.90 Å². The molecule has 5 nitrogen and oxygen atoms in total. The van der Waals surface area contributed by atoms with Gasteiger partial charge in [-0.2, -0.15) is 0 Å². The Labute approximate surface area is 143 Å². The number of hydrogen-bond donors (Lipinski definition) is 0. The average molecular weight is 333 g/mol. The number of nitrogens with zero attached hydrogens (tertiary/aromatic N) is 1. The van der Waals surface area contributed by atoms with Crippen molar-refractivity contribution >= 4 is 5.91 Å². The van der Waals surface area contributed by atoms with Crippen LogP contribution in [-0.2, 0) is 9.53 Å². The first-order valence-corrected chi connectivity index (χ1v) is 8.73. The molecule has 1 aliphatic heterocycles. The third-order valence-electron chi connectivity index (χ3n) is 5.02. The molecule has 1 amide bonds. The Morgan fingerprint density at radius 2 is 2.04 bits per heavy atom. The lowest BCUT2D eigenvalue weighted by atomic mass is 9.90. The highest BCUT2D eigenvalue weighted by Gasteiger charge is 2.35. The highest BCUT2D eigenvalue weighted by atomic mass is 16.5. The molecule has 1 aromatic rings. The lowest BCUT2D eigenvalue weighted by Gasteiger charge is -2.32. The van der Waals surface area contributed by atoms with Crippen LogP contribution >= 0.6 is 0 Å². The van der Waals surface area contributed by atoms with Gasteiger partial charge in [0, 0.05) is 19.5 Å². The molecule has 3 rings (SSSR count). The topological polar surface area (TPSA) is 48.0 Å². The number of hydrogen-bond acceptors (Lipinski definition) is 4. The Balaban J connectivity index is 1.74. The van der Waals surface area contributed by atoms with Gasteiger partial charge in [0.25, 0.3) is 0 Å². The minimum absolute atomic E-state index is 0.128.